The fourth-order valence-corrected chi connectivity index (χ4v) is 7.05. The Bertz CT molecular complexity index is 2760. The lowest BCUT2D eigenvalue weighted by Crippen LogP contribution is -2.36. The van der Waals surface area contributed by atoms with Crippen molar-refractivity contribution < 1.29 is 8.83 Å². The number of furan rings is 2. The molecule has 0 saturated carbocycles. The lowest BCUT2D eigenvalue weighted by atomic mass is 9.97. The predicted molar refractivity (Wildman–Crippen MR) is 196 cm³/mol. The molecule has 0 fully saturated rings. The summed E-state index contributed by atoms with van der Waals surface area (Å²) in [6.45, 7) is 0. The van der Waals surface area contributed by atoms with Crippen molar-refractivity contribution in [1.82, 2.24) is 5.32 Å². The Morgan fingerprint density at radius 1 is 0.458 bits per heavy atom. The minimum Gasteiger partial charge on any atom is -0.456 e. The fourth-order valence-electron chi connectivity index (χ4n) is 7.05. The zero-order valence-corrected chi connectivity index (χ0v) is 25.7. The van der Waals surface area contributed by atoms with E-state index in [2.05, 4.69) is 115 Å². The molecule has 0 amide bonds. The van der Waals surface area contributed by atoms with Crippen molar-refractivity contribution in [2.45, 2.75) is 6.17 Å². The highest BCUT2D eigenvalue weighted by Crippen LogP contribution is 2.40. The average Bonchev–Trinajstić information content (AvgIpc) is 3.74. The maximum Gasteiger partial charge on any atom is 0.173 e. The van der Waals surface area contributed by atoms with Crippen molar-refractivity contribution in [3.8, 4) is 11.1 Å². The van der Waals surface area contributed by atoms with Gasteiger partial charge in [0.25, 0.3) is 0 Å². The lowest BCUT2D eigenvalue weighted by molar-refractivity contribution is 0.649. The van der Waals surface area contributed by atoms with Gasteiger partial charge in [-0.25, -0.2) is 9.98 Å². The van der Waals surface area contributed by atoms with Crippen LogP contribution in [0.4, 0.5) is 0 Å². The zero-order chi connectivity index (χ0) is 31.6. The highest BCUT2D eigenvalue weighted by molar-refractivity contribution is 6.27. The number of hydrogen-bond donors (Lipinski definition) is 1. The van der Waals surface area contributed by atoms with Crippen molar-refractivity contribution in [2.75, 3.05) is 0 Å². The number of hydrogen-bond acceptors (Lipinski definition) is 5. The first-order valence-corrected chi connectivity index (χ1v) is 16.1. The molecular weight excluding hydrogens is 590 g/mol. The van der Waals surface area contributed by atoms with E-state index in [-0.39, 0.29) is 0 Å². The molecule has 7 aromatic carbocycles. The average molecular weight is 618 g/mol. The van der Waals surface area contributed by atoms with Crippen LogP contribution in [0, 0.1) is 0 Å². The van der Waals surface area contributed by atoms with Crippen LogP contribution in [-0.2, 0) is 0 Å². The first kappa shape index (κ1) is 26.7. The van der Waals surface area contributed by atoms with E-state index in [1.165, 1.54) is 0 Å². The van der Waals surface area contributed by atoms with Gasteiger partial charge in [0.2, 0.25) is 0 Å². The van der Waals surface area contributed by atoms with Gasteiger partial charge in [-0.15, -0.1) is 0 Å². The summed E-state index contributed by atoms with van der Waals surface area (Å²) in [6, 6.07) is 52.1. The highest BCUT2D eigenvalue weighted by atomic mass is 16.3. The fraction of sp³-hybridized carbons (Fsp3) is 0.0233. The standard InChI is InChI=1S/C43H27N3O2/c1-3-12-26(13-4-1)28-22-23-33-37(25-28)48-40-30-17-8-7-16-29(30)24-35(38(33)40)43-45-41(27-14-5-2-6-15-27)44-42(46-43)34-20-11-19-32-31-18-9-10-21-36(31)47-39(32)34/h1-25,42H,(H,44,45,46). The lowest BCUT2D eigenvalue weighted by Gasteiger charge is -2.23. The Labute approximate surface area is 275 Å². The molecule has 0 aliphatic carbocycles. The van der Waals surface area contributed by atoms with Gasteiger partial charge in [-0.05, 0) is 40.8 Å². The molecule has 0 saturated heterocycles. The van der Waals surface area contributed by atoms with E-state index in [1.807, 2.05) is 42.5 Å². The first-order valence-electron chi connectivity index (χ1n) is 16.1. The van der Waals surface area contributed by atoms with E-state index in [0.29, 0.717) is 0 Å². The number of aliphatic imine (C=N–C) groups is 2. The molecule has 5 heteroatoms. The molecule has 48 heavy (non-hydrogen) atoms. The summed E-state index contributed by atoms with van der Waals surface area (Å²) in [6.07, 6.45) is -0.537. The normalized spacial score (nSPS) is 14.9. The summed E-state index contributed by atoms with van der Waals surface area (Å²) < 4.78 is 13.2. The maximum absolute atomic E-state index is 6.75. The summed E-state index contributed by atoms with van der Waals surface area (Å²) in [5, 5.41) is 9.96. The topological polar surface area (TPSA) is 63.0 Å². The van der Waals surface area contributed by atoms with Crippen LogP contribution in [0.25, 0.3) is 65.8 Å². The van der Waals surface area contributed by atoms with Gasteiger partial charge in [0, 0.05) is 43.6 Å². The Kier molecular flexibility index (Phi) is 5.87. The first-order chi connectivity index (χ1) is 23.8. The second-order valence-corrected chi connectivity index (χ2v) is 12.2. The van der Waals surface area contributed by atoms with Crippen LogP contribution in [-0.4, -0.2) is 11.7 Å². The van der Waals surface area contributed by atoms with Crippen molar-refractivity contribution in [3.63, 3.8) is 0 Å². The zero-order valence-electron chi connectivity index (χ0n) is 25.7. The number of nitrogens with one attached hydrogen (secondary N) is 1. The summed E-state index contributed by atoms with van der Waals surface area (Å²) >= 11 is 0. The molecule has 1 aliphatic rings. The van der Waals surface area contributed by atoms with Gasteiger partial charge in [0.1, 0.15) is 34.0 Å². The minimum atomic E-state index is -0.537. The Balaban J connectivity index is 1.23. The second kappa shape index (κ2) is 10.5. The molecule has 0 bridgehead atoms. The molecule has 1 aliphatic heterocycles. The summed E-state index contributed by atoms with van der Waals surface area (Å²) in [5.74, 6) is 1.48. The SMILES string of the molecule is c1ccc(C2=NC(c3cccc4c3oc3ccccc34)N=C(c3cc4ccccc4c4oc5cc(-c6ccccc6)ccc5c34)N2)cc1. The van der Waals surface area contributed by atoms with Crippen LogP contribution < -0.4 is 5.32 Å². The monoisotopic (exact) mass is 617 g/mol. The summed E-state index contributed by atoms with van der Waals surface area (Å²) in [4.78, 5) is 10.5. The van der Waals surface area contributed by atoms with Crippen molar-refractivity contribution in [3.05, 3.63) is 168 Å². The van der Waals surface area contributed by atoms with Crippen LogP contribution in [0.2, 0.25) is 0 Å². The molecule has 1 atom stereocenters. The number of amidine groups is 2. The molecule has 226 valence electrons. The molecule has 2 aromatic heterocycles. The van der Waals surface area contributed by atoms with Gasteiger partial charge >= 0.3 is 0 Å². The molecule has 1 N–H and O–H groups in total. The quantitative estimate of drug-likeness (QED) is 0.214. The van der Waals surface area contributed by atoms with Crippen molar-refractivity contribution in [1.29, 1.82) is 0 Å². The Morgan fingerprint density at radius 2 is 1.15 bits per heavy atom. The van der Waals surface area contributed by atoms with E-state index in [1.54, 1.807) is 0 Å². The van der Waals surface area contributed by atoms with Gasteiger partial charge < -0.3 is 14.2 Å². The van der Waals surface area contributed by atoms with Gasteiger partial charge in [-0.3, -0.25) is 0 Å². The smallest absolute Gasteiger partial charge is 0.173 e. The van der Waals surface area contributed by atoms with Crippen LogP contribution in [0.15, 0.2) is 170 Å². The van der Waals surface area contributed by atoms with Crippen molar-refractivity contribution in [2.24, 2.45) is 9.98 Å². The molecule has 0 spiro atoms. The van der Waals surface area contributed by atoms with Gasteiger partial charge in [-0.1, -0.05) is 127 Å². The van der Waals surface area contributed by atoms with E-state index in [9.17, 15) is 0 Å². The molecule has 1 unspecified atom stereocenters. The van der Waals surface area contributed by atoms with Crippen LogP contribution >= 0.6 is 0 Å². The minimum absolute atomic E-state index is 0.537. The van der Waals surface area contributed by atoms with Crippen molar-refractivity contribution >= 4 is 66.3 Å². The number of benzene rings is 7. The third-order valence-electron chi connectivity index (χ3n) is 9.33. The van der Waals surface area contributed by atoms with Gasteiger partial charge in [0.15, 0.2) is 6.17 Å². The molecular formula is C43H27N3O2. The van der Waals surface area contributed by atoms with Gasteiger partial charge in [-0.2, -0.15) is 0 Å². The maximum atomic E-state index is 6.75. The molecule has 9 aromatic rings. The predicted octanol–water partition coefficient (Wildman–Crippen LogP) is 10.8. The Hall–Kier alpha value is -6.46. The van der Waals surface area contributed by atoms with E-state index in [0.717, 1.165) is 94.1 Å². The number of rotatable bonds is 4. The highest BCUT2D eigenvalue weighted by Gasteiger charge is 2.27. The van der Waals surface area contributed by atoms with Crippen LogP contribution in [0.3, 0.4) is 0 Å². The van der Waals surface area contributed by atoms with E-state index >= 15 is 0 Å². The van der Waals surface area contributed by atoms with Gasteiger partial charge in [0.05, 0.1) is 0 Å². The Morgan fingerprint density at radius 3 is 2.00 bits per heavy atom. The van der Waals surface area contributed by atoms with Crippen LogP contribution in [0.5, 0.6) is 0 Å². The third-order valence-corrected chi connectivity index (χ3v) is 9.33. The second-order valence-electron chi connectivity index (χ2n) is 12.2. The van der Waals surface area contributed by atoms with Crippen LogP contribution in [0.1, 0.15) is 22.9 Å². The molecule has 10 rings (SSSR count). The molecule has 3 heterocycles. The van der Waals surface area contributed by atoms with E-state index < -0.39 is 6.17 Å². The number of fused-ring (bicyclic) bond motifs is 8. The molecule has 0 radical (unpaired) electrons. The van der Waals surface area contributed by atoms with E-state index in [4.69, 9.17) is 18.8 Å². The number of para-hydroxylation sites is 2. The molecule has 5 nitrogen and oxygen atoms in total. The summed E-state index contributed by atoms with van der Waals surface area (Å²) in [7, 11) is 0. The number of nitrogens with zero attached hydrogens (tertiary/aromatic N) is 2. The summed E-state index contributed by atoms with van der Waals surface area (Å²) in [5.41, 5.74) is 8.43. The third kappa shape index (κ3) is 4.18. The largest absolute Gasteiger partial charge is 0.456 e.